The highest BCUT2D eigenvalue weighted by Gasteiger charge is 2.25. The molecule has 3 rings (SSSR count). The number of amides is 1. The SMILES string of the molecule is COC(=O)c1cc(CN(C)C(C)C(=O)Nc2sc3c(c2C#N)CCCCC3)oc1C. The number of anilines is 1. The number of fused-ring (bicyclic) bond motifs is 1. The smallest absolute Gasteiger partial charge is 0.341 e. The van der Waals surface area contributed by atoms with E-state index in [1.165, 1.54) is 29.7 Å². The summed E-state index contributed by atoms with van der Waals surface area (Å²) in [5, 5.41) is 13.3. The Balaban J connectivity index is 1.69. The molecule has 8 heteroatoms. The Hall–Kier alpha value is -2.63. The van der Waals surface area contributed by atoms with Gasteiger partial charge in [0.2, 0.25) is 5.91 Å². The summed E-state index contributed by atoms with van der Waals surface area (Å²) in [6.07, 6.45) is 5.27. The van der Waals surface area contributed by atoms with Crippen molar-refractivity contribution >= 4 is 28.2 Å². The summed E-state index contributed by atoms with van der Waals surface area (Å²) in [6, 6.07) is 3.49. The molecule has 1 aliphatic rings. The fourth-order valence-corrected chi connectivity index (χ4v) is 4.93. The third kappa shape index (κ3) is 4.58. The number of ether oxygens (including phenoxy) is 1. The Kier molecular flexibility index (Phi) is 6.95. The molecule has 1 amide bonds. The van der Waals surface area contributed by atoms with Crippen LogP contribution in [0.5, 0.6) is 0 Å². The molecule has 1 unspecified atom stereocenters. The molecule has 0 aromatic carbocycles. The zero-order chi connectivity index (χ0) is 21.8. The maximum atomic E-state index is 12.9. The van der Waals surface area contributed by atoms with Crippen LogP contribution >= 0.6 is 11.3 Å². The molecule has 1 N–H and O–H groups in total. The van der Waals surface area contributed by atoms with Crippen molar-refractivity contribution in [3.63, 3.8) is 0 Å². The van der Waals surface area contributed by atoms with Gasteiger partial charge in [-0.2, -0.15) is 5.26 Å². The standard InChI is InChI=1S/C22H27N3O4S/c1-13(25(3)12-15-10-17(14(2)29-15)22(27)28-4)20(26)24-21-18(11-23)16-8-6-5-7-9-19(16)30-21/h10,13H,5-9,12H2,1-4H3,(H,24,26). The maximum Gasteiger partial charge on any atom is 0.341 e. The molecule has 0 bridgehead atoms. The van der Waals surface area contributed by atoms with E-state index in [1.54, 1.807) is 19.9 Å². The van der Waals surface area contributed by atoms with Crippen LogP contribution in [0, 0.1) is 18.3 Å². The van der Waals surface area contributed by atoms with E-state index in [0.29, 0.717) is 34.2 Å². The number of furan rings is 1. The monoisotopic (exact) mass is 429 g/mol. The highest BCUT2D eigenvalue weighted by Crippen LogP contribution is 2.37. The number of nitrogens with one attached hydrogen (secondary N) is 1. The average molecular weight is 430 g/mol. The van der Waals surface area contributed by atoms with Crippen molar-refractivity contribution < 1.29 is 18.7 Å². The normalized spacial score (nSPS) is 14.5. The van der Waals surface area contributed by atoms with Gasteiger partial charge in [-0.15, -0.1) is 11.3 Å². The lowest BCUT2D eigenvalue weighted by atomic mass is 10.1. The number of carbonyl (C=O) groups is 2. The zero-order valence-corrected chi connectivity index (χ0v) is 18.6. The quantitative estimate of drug-likeness (QED) is 0.550. The van der Waals surface area contributed by atoms with E-state index < -0.39 is 12.0 Å². The van der Waals surface area contributed by atoms with Gasteiger partial charge in [-0.05, 0) is 58.2 Å². The van der Waals surface area contributed by atoms with E-state index in [1.807, 2.05) is 11.9 Å². The topological polar surface area (TPSA) is 95.6 Å². The Labute approximate surface area is 180 Å². The van der Waals surface area contributed by atoms with Crippen LogP contribution in [0.25, 0.3) is 0 Å². The molecule has 2 heterocycles. The molecule has 0 aliphatic heterocycles. The van der Waals surface area contributed by atoms with Gasteiger partial charge in [0.25, 0.3) is 0 Å². The van der Waals surface area contributed by atoms with Crippen molar-refractivity contribution in [3.05, 3.63) is 39.2 Å². The van der Waals surface area contributed by atoms with Crippen molar-refractivity contribution in [3.8, 4) is 6.07 Å². The molecule has 0 radical (unpaired) electrons. The Morgan fingerprint density at radius 3 is 2.80 bits per heavy atom. The van der Waals surface area contributed by atoms with Gasteiger partial charge in [0.1, 0.15) is 28.2 Å². The summed E-state index contributed by atoms with van der Waals surface area (Å²) in [5.74, 6) is 0.441. The predicted octanol–water partition coefficient (Wildman–Crippen LogP) is 4.04. The lowest BCUT2D eigenvalue weighted by Crippen LogP contribution is -2.39. The molecule has 7 nitrogen and oxygen atoms in total. The van der Waals surface area contributed by atoms with Crippen LogP contribution < -0.4 is 5.32 Å². The van der Waals surface area contributed by atoms with Gasteiger partial charge in [-0.1, -0.05) is 6.42 Å². The zero-order valence-electron chi connectivity index (χ0n) is 17.8. The number of rotatable bonds is 6. The summed E-state index contributed by atoms with van der Waals surface area (Å²) >= 11 is 1.53. The van der Waals surface area contributed by atoms with Crippen molar-refractivity contribution in [2.45, 2.75) is 58.5 Å². The fraction of sp³-hybridized carbons (Fsp3) is 0.500. The Bertz CT molecular complexity index is 985. The van der Waals surface area contributed by atoms with E-state index in [9.17, 15) is 14.9 Å². The number of nitrogens with zero attached hydrogens (tertiary/aromatic N) is 2. The molecule has 30 heavy (non-hydrogen) atoms. The molecule has 0 saturated carbocycles. The minimum atomic E-state index is -0.453. The summed E-state index contributed by atoms with van der Waals surface area (Å²) in [6.45, 7) is 3.87. The average Bonchev–Trinajstić information content (AvgIpc) is 3.16. The summed E-state index contributed by atoms with van der Waals surface area (Å²) in [4.78, 5) is 27.7. The first kappa shape index (κ1) is 22.1. The van der Waals surface area contributed by atoms with E-state index in [4.69, 9.17) is 9.15 Å². The van der Waals surface area contributed by atoms with Crippen LogP contribution in [0.1, 0.15) is 64.1 Å². The second-order valence-corrected chi connectivity index (χ2v) is 8.74. The molecule has 2 aromatic heterocycles. The largest absolute Gasteiger partial charge is 0.465 e. The lowest BCUT2D eigenvalue weighted by molar-refractivity contribution is -0.120. The molecule has 1 aliphatic carbocycles. The van der Waals surface area contributed by atoms with Crippen molar-refractivity contribution in [1.82, 2.24) is 4.90 Å². The number of thiophene rings is 1. The predicted molar refractivity (Wildman–Crippen MR) is 115 cm³/mol. The van der Waals surface area contributed by atoms with Crippen LogP contribution in [0.15, 0.2) is 10.5 Å². The molecule has 160 valence electrons. The van der Waals surface area contributed by atoms with E-state index in [0.717, 1.165) is 31.2 Å². The molecular weight excluding hydrogens is 402 g/mol. The van der Waals surface area contributed by atoms with Crippen LogP contribution in [0.4, 0.5) is 5.00 Å². The number of likely N-dealkylation sites (N-methyl/N-ethyl adjacent to an activating group) is 1. The van der Waals surface area contributed by atoms with E-state index in [-0.39, 0.29) is 5.91 Å². The summed E-state index contributed by atoms with van der Waals surface area (Å²) in [7, 11) is 3.14. The molecule has 1 atom stereocenters. The third-order valence-corrected chi connectivity index (χ3v) is 6.80. The van der Waals surface area contributed by atoms with Crippen LogP contribution in [-0.2, 0) is 28.9 Å². The highest BCUT2D eigenvalue weighted by atomic mass is 32.1. The first-order chi connectivity index (χ1) is 14.3. The number of carbonyl (C=O) groups excluding carboxylic acids is 2. The minimum absolute atomic E-state index is 0.179. The summed E-state index contributed by atoms with van der Waals surface area (Å²) in [5.41, 5.74) is 2.11. The van der Waals surface area contributed by atoms with Crippen molar-refractivity contribution in [2.24, 2.45) is 0 Å². The number of esters is 1. The molecule has 2 aromatic rings. The van der Waals surface area contributed by atoms with Gasteiger partial charge in [0, 0.05) is 4.88 Å². The van der Waals surface area contributed by atoms with E-state index >= 15 is 0 Å². The van der Waals surface area contributed by atoms with Gasteiger partial charge in [-0.3, -0.25) is 9.69 Å². The number of hydrogen-bond acceptors (Lipinski definition) is 7. The Morgan fingerprint density at radius 2 is 2.10 bits per heavy atom. The van der Waals surface area contributed by atoms with Crippen LogP contribution in [0.3, 0.4) is 0 Å². The van der Waals surface area contributed by atoms with Gasteiger partial charge in [0.05, 0.1) is 25.3 Å². The van der Waals surface area contributed by atoms with Crippen molar-refractivity contribution in [2.75, 3.05) is 19.5 Å². The van der Waals surface area contributed by atoms with Crippen molar-refractivity contribution in [1.29, 1.82) is 5.26 Å². The lowest BCUT2D eigenvalue weighted by Gasteiger charge is -2.22. The third-order valence-electron chi connectivity index (χ3n) is 5.59. The fourth-order valence-electron chi connectivity index (χ4n) is 3.68. The van der Waals surface area contributed by atoms with Crippen LogP contribution in [0.2, 0.25) is 0 Å². The first-order valence-corrected chi connectivity index (χ1v) is 10.9. The van der Waals surface area contributed by atoms with Gasteiger partial charge in [-0.25, -0.2) is 4.79 Å². The number of hydrogen-bond donors (Lipinski definition) is 1. The molecular formula is C22H27N3O4S. The molecule has 0 saturated heterocycles. The molecule has 0 spiro atoms. The Morgan fingerprint density at radius 1 is 1.37 bits per heavy atom. The number of aryl methyl sites for hydroxylation is 2. The maximum absolute atomic E-state index is 12.9. The second kappa shape index (κ2) is 9.45. The second-order valence-electron chi connectivity index (χ2n) is 7.63. The number of methoxy groups -OCH3 is 1. The first-order valence-electron chi connectivity index (χ1n) is 10.1. The van der Waals surface area contributed by atoms with Crippen LogP contribution in [-0.4, -0.2) is 37.0 Å². The van der Waals surface area contributed by atoms with Gasteiger partial charge in [0.15, 0.2) is 0 Å². The van der Waals surface area contributed by atoms with E-state index in [2.05, 4.69) is 11.4 Å². The summed E-state index contributed by atoms with van der Waals surface area (Å²) < 4.78 is 10.4. The highest BCUT2D eigenvalue weighted by molar-refractivity contribution is 7.16. The number of nitriles is 1. The minimum Gasteiger partial charge on any atom is -0.465 e. The van der Waals surface area contributed by atoms with Gasteiger partial charge >= 0.3 is 5.97 Å². The van der Waals surface area contributed by atoms with Gasteiger partial charge < -0.3 is 14.5 Å². The molecule has 0 fully saturated rings.